The first-order valence-electron chi connectivity index (χ1n) is 10.6. The van der Waals surface area contributed by atoms with E-state index in [1.54, 1.807) is 0 Å². The molecule has 3 rings (SSSR count). The highest BCUT2D eigenvalue weighted by atomic mass is 16.2. The second-order valence-corrected chi connectivity index (χ2v) is 8.28. The normalized spacial score (nSPS) is 22.6. The van der Waals surface area contributed by atoms with Gasteiger partial charge in [-0.05, 0) is 38.0 Å². The maximum atomic E-state index is 12.2. The molecule has 0 bridgehead atoms. The zero-order chi connectivity index (χ0) is 17.5. The van der Waals surface area contributed by atoms with Crippen molar-refractivity contribution in [2.45, 2.75) is 83.1 Å². The Kier molecular flexibility index (Phi) is 7.00. The Morgan fingerprint density at radius 3 is 2.24 bits per heavy atom. The van der Waals surface area contributed by atoms with Crippen LogP contribution in [-0.2, 0) is 4.79 Å². The van der Waals surface area contributed by atoms with Gasteiger partial charge in [-0.2, -0.15) is 0 Å². The maximum absolute atomic E-state index is 12.2. The predicted molar refractivity (Wildman–Crippen MR) is 99.3 cm³/mol. The third-order valence-corrected chi connectivity index (χ3v) is 6.39. The monoisotopic (exact) mass is 349 g/mol. The number of urea groups is 1. The Balaban J connectivity index is 1.23. The topological polar surface area (TPSA) is 61.4 Å². The van der Waals surface area contributed by atoms with E-state index in [0.29, 0.717) is 0 Å². The van der Waals surface area contributed by atoms with Gasteiger partial charge in [0.1, 0.15) is 0 Å². The molecule has 1 aliphatic heterocycles. The lowest BCUT2D eigenvalue weighted by molar-refractivity contribution is -0.128. The predicted octanol–water partition coefficient (Wildman–Crippen LogP) is 3.44. The lowest BCUT2D eigenvalue weighted by Gasteiger charge is -2.34. The Morgan fingerprint density at radius 2 is 1.60 bits per heavy atom. The smallest absolute Gasteiger partial charge is 0.317 e. The fraction of sp³-hybridized carbons (Fsp3) is 0.900. The van der Waals surface area contributed by atoms with E-state index in [9.17, 15) is 9.59 Å². The molecule has 0 aromatic heterocycles. The summed E-state index contributed by atoms with van der Waals surface area (Å²) in [5.74, 6) is 1.44. The molecule has 0 radical (unpaired) electrons. The van der Waals surface area contributed by atoms with Gasteiger partial charge in [-0.3, -0.25) is 4.79 Å². The lowest BCUT2D eigenvalue weighted by Crippen LogP contribution is -2.50. The van der Waals surface area contributed by atoms with Crippen molar-refractivity contribution in [3.8, 4) is 0 Å². The molecule has 2 saturated carbocycles. The Hall–Kier alpha value is -1.26. The average molecular weight is 350 g/mol. The van der Waals surface area contributed by atoms with E-state index < -0.39 is 0 Å². The van der Waals surface area contributed by atoms with Crippen LogP contribution in [0.4, 0.5) is 4.79 Å². The SMILES string of the molecule is O=C(NC1CCN(C(=O)NCCCCC2CCCC2)CC1)C1CCC1. The van der Waals surface area contributed by atoms with Crippen LogP contribution in [0, 0.1) is 11.8 Å². The van der Waals surface area contributed by atoms with Crippen molar-refractivity contribution in [2.24, 2.45) is 11.8 Å². The van der Waals surface area contributed by atoms with Gasteiger partial charge in [-0.25, -0.2) is 4.79 Å². The average Bonchev–Trinajstić information content (AvgIpc) is 3.06. The molecule has 0 aromatic rings. The van der Waals surface area contributed by atoms with Crippen LogP contribution in [0.1, 0.15) is 77.0 Å². The Labute approximate surface area is 152 Å². The van der Waals surface area contributed by atoms with Crippen molar-refractivity contribution >= 4 is 11.9 Å². The van der Waals surface area contributed by atoms with Gasteiger partial charge in [-0.15, -0.1) is 0 Å². The zero-order valence-corrected chi connectivity index (χ0v) is 15.6. The molecule has 25 heavy (non-hydrogen) atoms. The van der Waals surface area contributed by atoms with Crippen molar-refractivity contribution in [3.63, 3.8) is 0 Å². The highest BCUT2D eigenvalue weighted by Gasteiger charge is 2.29. The molecule has 142 valence electrons. The van der Waals surface area contributed by atoms with Crippen LogP contribution in [0.25, 0.3) is 0 Å². The van der Waals surface area contributed by atoms with E-state index in [4.69, 9.17) is 0 Å². The van der Waals surface area contributed by atoms with E-state index in [-0.39, 0.29) is 23.9 Å². The first kappa shape index (κ1) is 18.5. The number of unbranched alkanes of at least 4 members (excludes halogenated alkanes) is 1. The van der Waals surface area contributed by atoms with E-state index in [2.05, 4.69) is 10.6 Å². The van der Waals surface area contributed by atoms with Gasteiger partial charge in [0.05, 0.1) is 0 Å². The van der Waals surface area contributed by atoms with Gasteiger partial charge in [0.15, 0.2) is 0 Å². The third-order valence-electron chi connectivity index (χ3n) is 6.39. The number of nitrogens with zero attached hydrogens (tertiary/aromatic N) is 1. The summed E-state index contributed by atoms with van der Waals surface area (Å²) >= 11 is 0. The largest absolute Gasteiger partial charge is 0.353 e. The fourth-order valence-electron chi connectivity index (χ4n) is 4.38. The fourth-order valence-corrected chi connectivity index (χ4v) is 4.38. The molecule has 2 aliphatic carbocycles. The van der Waals surface area contributed by atoms with Crippen molar-refractivity contribution in [3.05, 3.63) is 0 Å². The van der Waals surface area contributed by atoms with Crippen LogP contribution in [0.5, 0.6) is 0 Å². The van der Waals surface area contributed by atoms with Crippen LogP contribution in [0.3, 0.4) is 0 Å². The molecule has 0 aromatic carbocycles. The number of nitrogens with one attached hydrogen (secondary N) is 2. The van der Waals surface area contributed by atoms with Gasteiger partial charge in [0.25, 0.3) is 0 Å². The molecule has 2 N–H and O–H groups in total. The second-order valence-electron chi connectivity index (χ2n) is 8.28. The molecule has 0 unspecified atom stereocenters. The Bertz CT molecular complexity index is 436. The summed E-state index contributed by atoms with van der Waals surface area (Å²) < 4.78 is 0. The van der Waals surface area contributed by atoms with Crippen LogP contribution in [0.2, 0.25) is 0 Å². The number of carbonyl (C=O) groups excluding carboxylic acids is 2. The molecule has 3 amide bonds. The summed E-state index contributed by atoms with van der Waals surface area (Å²) in [5, 5.41) is 6.24. The van der Waals surface area contributed by atoms with Crippen molar-refractivity contribution < 1.29 is 9.59 Å². The summed E-state index contributed by atoms with van der Waals surface area (Å²) in [7, 11) is 0. The van der Waals surface area contributed by atoms with Gasteiger partial charge in [0, 0.05) is 31.6 Å². The number of hydrogen-bond donors (Lipinski definition) is 2. The van der Waals surface area contributed by atoms with Gasteiger partial charge in [-0.1, -0.05) is 44.9 Å². The summed E-state index contributed by atoms with van der Waals surface area (Å²) in [5.41, 5.74) is 0. The molecule has 3 aliphatic rings. The summed E-state index contributed by atoms with van der Waals surface area (Å²) in [4.78, 5) is 26.1. The Morgan fingerprint density at radius 1 is 0.880 bits per heavy atom. The minimum absolute atomic E-state index is 0.0737. The zero-order valence-electron chi connectivity index (χ0n) is 15.6. The van der Waals surface area contributed by atoms with E-state index in [1.165, 1.54) is 44.9 Å². The molecule has 0 atom stereocenters. The van der Waals surface area contributed by atoms with Crippen molar-refractivity contribution in [1.29, 1.82) is 0 Å². The molecule has 0 spiro atoms. The number of likely N-dealkylation sites (tertiary alicyclic amines) is 1. The molecule has 1 saturated heterocycles. The number of piperidine rings is 1. The number of rotatable bonds is 7. The molecule has 5 heteroatoms. The molecular formula is C20H35N3O2. The minimum atomic E-state index is 0.0737. The van der Waals surface area contributed by atoms with E-state index in [0.717, 1.165) is 57.7 Å². The lowest BCUT2D eigenvalue weighted by atomic mass is 9.84. The molecule has 1 heterocycles. The molecule has 3 fully saturated rings. The van der Waals surface area contributed by atoms with Crippen LogP contribution in [0.15, 0.2) is 0 Å². The van der Waals surface area contributed by atoms with Crippen molar-refractivity contribution in [1.82, 2.24) is 15.5 Å². The first-order valence-corrected chi connectivity index (χ1v) is 10.6. The van der Waals surface area contributed by atoms with E-state index in [1.807, 2.05) is 4.90 Å². The summed E-state index contributed by atoms with van der Waals surface area (Å²) in [6.07, 6.45) is 14.4. The summed E-state index contributed by atoms with van der Waals surface area (Å²) in [6, 6.07) is 0.327. The van der Waals surface area contributed by atoms with Gasteiger partial charge in [0.2, 0.25) is 5.91 Å². The summed E-state index contributed by atoms with van der Waals surface area (Å²) in [6.45, 7) is 2.30. The van der Waals surface area contributed by atoms with Crippen LogP contribution < -0.4 is 10.6 Å². The van der Waals surface area contributed by atoms with E-state index >= 15 is 0 Å². The van der Waals surface area contributed by atoms with Gasteiger partial charge >= 0.3 is 6.03 Å². The standard InChI is InChI=1S/C20H35N3O2/c24-19(17-9-5-10-17)22-18-11-14-23(15-12-18)20(25)21-13-4-3-8-16-6-1-2-7-16/h16-18H,1-15H2,(H,21,25)(H,22,24). The number of hydrogen-bond acceptors (Lipinski definition) is 2. The van der Waals surface area contributed by atoms with Crippen molar-refractivity contribution in [2.75, 3.05) is 19.6 Å². The molecular weight excluding hydrogens is 314 g/mol. The first-order chi connectivity index (χ1) is 12.2. The number of amides is 3. The highest BCUT2D eigenvalue weighted by molar-refractivity contribution is 5.79. The second kappa shape index (κ2) is 9.44. The highest BCUT2D eigenvalue weighted by Crippen LogP contribution is 2.29. The molecule has 5 nitrogen and oxygen atoms in total. The van der Waals surface area contributed by atoms with Crippen LogP contribution in [-0.4, -0.2) is 42.5 Å². The third kappa shape index (κ3) is 5.61. The minimum Gasteiger partial charge on any atom is -0.353 e. The van der Waals surface area contributed by atoms with Gasteiger partial charge < -0.3 is 15.5 Å². The van der Waals surface area contributed by atoms with Crippen LogP contribution >= 0.6 is 0 Å². The maximum Gasteiger partial charge on any atom is 0.317 e. The quantitative estimate of drug-likeness (QED) is 0.692. The number of carbonyl (C=O) groups is 2.